The molecule has 3 aromatic carbocycles. The number of hydrogen-bond donors (Lipinski definition) is 2. The fraction of sp³-hybridized carbons (Fsp3) is 0.192. The minimum absolute atomic E-state index is 0.0963. The number of carbonyl (C=O) groups excluding carboxylic acids is 2. The van der Waals surface area contributed by atoms with Crippen LogP contribution < -0.4 is 10.6 Å². The highest BCUT2D eigenvalue weighted by Gasteiger charge is 2.82. The van der Waals surface area contributed by atoms with Gasteiger partial charge in [0.1, 0.15) is 0 Å². The summed E-state index contributed by atoms with van der Waals surface area (Å²) < 4.78 is 177. The largest absolute Gasteiger partial charge is 0.457 e. The van der Waals surface area contributed by atoms with Crippen LogP contribution in [0.1, 0.15) is 37.4 Å². The number of alkyl halides is 12. The van der Waals surface area contributed by atoms with Crippen LogP contribution in [0.4, 0.5) is 68.5 Å². The van der Waals surface area contributed by atoms with Gasteiger partial charge in [0.2, 0.25) is 0 Å². The highest BCUT2D eigenvalue weighted by molar-refractivity contribution is 9.10. The first-order chi connectivity index (χ1) is 20.5. The van der Waals surface area contributed by atoms with Crippen LogP contribution >= 0.6 is 15.9 Å². The summed E-state index contributed by atoms with van der Waals surface area (Å²) in [5.74, 6) is -11.6. The summed E-state index contributed by atoms with van der Waals surface area (Å²) in [6.45, 7) is 0. The van der Waals surface area contributed by atoms with Crippen LogP contribution in [0.3, 0.4) is 0 Å². The maximum absolute atomic E-state index is 15.1. The predicted octanol–water partition coefficient (Wildman–Crippen LogP) is 8.91. The number of nitrogens with one attached hydrogen (secondary N) is 2. The van der Waals surface area contributed by atoms with Gasteiger partial charge < -0.3 is 10.6 Å². The molecule has 0 fully saturated rings. The number of hydrogen-bond acceptors (Lipinski definition) is 3. The Morgan fingerprint density at radius 1 is 0.756 bits per heavy atom. The van der Waals surface area contributed by atoms with Gasteiger partial charge in [0.25, 0.3) is 11.8 Å². The van der Waals surface area contributed by atoms with Gasteiger partial charge in [-0.25, -0.2) is 8.78 Å². The molecule has 1 unspecified atom stereocenters. The molecule has 45 heavy (non-hydrogen) atoms. The zero-order valence-corrected chi connectivity index (χ0v) is 22.8. The first-order valence-corrected chi connectivity index (χ1v) is 12.3. The lowest BCUT2D eigenvalue weighted by molar-refractivity contribution is -0.389. The normalized spacial score (nSPS) is 13.9. The Hall–Kier alpha value is -4.34. The van der Waals surface area contributed by atoms with Gasteiger partial charge in [-0.05, 0) is 64.5 Å². The van der Waals surface area contributed by atoms with E-state index < -0.39 is 92.4 Å². The van der Waals surface area contributed by atoms with E-state index in [0.29, 0.717) is 6.07 Å². The Morgan fingerprint density at radius 2 is 1.33 bits per heavy atom. The second kappa shape index (κ2) is 11.9. The highest BCUT2D eigenvalue weighted by Crippen LogP contribution is 2.59. The zero-order chi connectivity index (χ0) is 34.3. The molecule has 0 aliphatic carbocycles. The minimum Gasteiger partial charge on any atom is -0.320 e. The Labute approximate surface area is 250 Å². The maximum atomic E-state index is 15.1. The molecule has 0 radical (unpaired) electrons. The average molecular weight is 724 g/mol. The molecule has 0 aliphatic rings. The topological polar surface area (TPSA) is 82.0 Å². The molecule has 0 heterocycles. The third-order valence-corrected chi connectivity index (χ3v) is 6.60. The lowest BCUT2D eigenvalue weighted by atomic mass is 9.86. The molecule has 0 saturated heterocycles. The summed E-state index contributed by atoms with van der Waals surface area (Å²) in [6.07, 6.45) is -20.3. The van der Waals surface area contributed by atoms with E-state index in [1.165, 1.54) is 29.6 Å². The van der Waals surface area contributed by atoms with Crippen molar-refractivity contribution in [2.45, 2.75) is 30.1 Å². The van der Waals surface area contributed by atoms with Crippen molar-refractivity contribution in [1.29, 1.82) is 5.26 Å². The van der Waals surface area contributed by atoms with E-state index >= 15 is 4.39 Å². The molecule has 3 aromatic rings. The van der Waals surface area contributed by atoms with Gasteiger partial charge in [0.05, 0.1) is 34.1 Å². The van der Waals surface area contributed by atoms with E-state index in [2.05, 4.69) is 21.2 Å². The fourth-order valence-electron chi connectivity index (χ4n) is 3.75. The van der Waals surface area contributed by atoms with Crippen molar-refractivity contribution in [2.75, 3.05) is 10.6 Å². The number of amides is 2. The molecule has 0 aliphatic heterocycles. The van der Waals surface area contributed by atoms with Gasteiger partial charge in [-0.2, -0.15) is 53.6 Å². The van der Waals surface area contributed by atoms with Crippen LogP contribution in [0.5, 0.6) is 0 Å². The van der Waals surface area contributed by atoms with Gasteiger partial charge >= 0.3 is 30.1 Å². The summed E-state index contributed by atoms with van der Waals surface area (Å²) in [4.78, 5) is 25.2. The smallest absolute Gasteiger partial charge is 0.320 e. The number of benzene rings is 3. The van der Waals surface area contributed by atoms with Gasteiger partial charge in [-0.1, -0.05) is 6.07 Å². The summed E-state index contributed by atoms with van der Waals surface area (Å²) >= 11 is 2.22. The van der Waals surface area contributed by atoms with Crippen molar-refractivity contribution < 1.29 is 66.7 Å². The van der Waals surface area contributed by atoms with E-state index in [0.717, 1.165) is 12.1 Å². The van der Waals surface area contributed by atoms with Gasteiger partial charge in [-0.15, -0.1) is 0 Å². The van der Waals surface area contributed by atoms with Crippen molar-refractivity contribution in [2.24, 2.45) is 0 Å². The molecular weight excluding hydrogens is 713 g/mol. The Kier molecular flexibility index (Phi) is 9.27. The first kappa shape index (κ1) is 35.1. The maximum Gasteiger partial charge on any atom is 0.457 e. The zero-order valence-electron chi connectivity index (χ0n) is 21.3. The molecule has 0 aromatic heterocycles. The monoisotopic (exact) mass is 723 g/mol. The highest BCUT2D eigenvalue weighted by atomic mass is 79.9. The molecule has 3 rings (SSSR count). The summed E-state index contributed by atoms with van der Waals surface area (Å²) in [5.41, 5.74) is -15.4. The van der Waals surface area contributed by atoms with E-state index in [-0.39, 0.29) is 11.1 Å². The summed E-state index contributed by atoms with van der Waals surface area (Å²) in [6, 6.07) is 7.66. The van der Waals surface area contributed by atoms with Crippen LogP contribution in [0.15, 0.2) is 59.1 Å². The predicted molar refractivity (Wildman–Crippen MR) is 132 cm³/mol. The molecule has 1 atom stereocenters. The Bertz CT molecular complexity index is 1680. The van der Waals surface area contributed by atoms with E-state index in [9.17, 15) is 62.3 Å². The summed E-state index contributed by atoms with van der Waals surface area (Å²) in [5, 5.41) is 12.3. The standard InChI is InChI=1S/C26H11BrF13N3O2/c27-16-9-13(22(29,25(35,36)37)24(33,34)26(38,39)40)8-15(23(30,31)32)19(16)43-21(45)14-2-1-3-17(18(14)28)42-20(44)12-6-4-11(10-41)5-7-12/h1-9H,(H,42,44)(H,43,45). The van der Waals surface area contributed by atoms with Gasteiger partial charge in [0, 0.05) is 15.6 Å². The number of nitriles is 1. The minimum atomic E-state index is -7.29. The Morgan fingerprint density at radius 3 is 1.82 bits per heavy atom. The number of anilines is 2. The van der Waals surface area contributed by atoms with Gasteiger partial charge in [0.15, 0.2) is 5.82 Å². The van der Waals surface area contributed by atoms with Crippen molar-refractivity contribution in [1.82, 2.24) is 0 Å². The van der Waals surface area contributed by atoms with Crippen molar-refractivity contribution in [3.8, 4) is 6.07 Å². The third kappa shape index (κ3) is 6.55. The lowest BCUT2D eigenvalue weighted by Crippen LogP contribution is -2.59. The lowest BCUT2D eigenvalue weighted by Gasteiger charge is -2.36. The number of nitrogens with zero attached hydrogens (tertiary/aromatic N) is 1. The van der Waals surface area contributed by atoms with E-state index in [1.54, 1.807) is 6.07 Å². The molecule has 2 amide bonds. The van der Waals surface area contributed by atoms with E-state index in [1.807, 2.05) is 0 Å². The second-order valence-electron chi connectivity index (χ2n) is 8.87. The fourth-order valence-corrected chi connectivity index (χ4v) is 4.31. The van der Waals surface area contributed by atoms with Gasteiger partial charge in [-0.3, -0.25) is 9.59 Å². The molecule has 19 heteroatoms. The number of carbonyl (C=O) groups is 2. The van der Waals surface area contributed by atoms with Crippen molar-refractivity contribution in [3.63, 3.8) is 0 Å². The third-order valence-electron chi connectivity index (χ3n) is 5.98. The van der Waals surface area contributed by atoms with E-state index in [4.69, 9.17) is 5.26 Å². The van der Waals surface area contributed by atoms with Crippen molar-refractivity contribution >= 4 is 39.1 Å². The molecule has 0 bridgehead atoms. The SMILES string of the molecule is N#Cc1ccc(C(=O)Nc2cccc(C(=O)Nc3c(Br)cc(C(F)(C(F)(F)F)C(F)(F)C(F)(F)F)cc3C(F)(F)F)c2F)cc1. The number of halogens is 14. The van der Waals surface area contributed by atoms with Crippen molar-refractivity contribution in [3.05, 3.63) is 92.7 Å². The molecule has 2 N–H and O–H groups in total. The molecular formula is C26H11BrF13N3O2. The average Bonchev–Trinajstić information content (AvgIpc) is 2.92. The van der Waals surface area contributed by atoms with Crippen LogP contribution in [-0.2, 0) is 11.8 Å². The van der Waals surface area contributed by atoms with Crippen LogP contribution in [0, 0.1) is 17.1 Å². The van der Waals surface area contributed by atoms with Crippen LogP contribution in [0.2, 0.25) is 0 Å². The quantitative estimate of drug-likeness (QED) is 0.249. The van der Waals surface area contributed by atoms with Crippen LogP contribution in [-0.4, -0.2) is 30.1 Å². The summed E-state index contributed by atoms with van der Waals surface area (Å²) in [7, 11) is 0. The molecule has 0 saturated carbocycles. The Balaban J connectivity index is 2.07. The molecule has 0 spiro atoms. The number of rotatable bonds is 6. The molecule has 5 nitrogen and oxygen atoms in total. The van der Waals surface area contributed by atoms with Crippen LogP contribution in [0.25, 0.3) is 0 Å². The molecule has 240 valence electrons. The first-order valence-electron chi connectivity index (χ1n) is 11.5. The second-order valence-corrected chi connectivity index (χ2v) is 9.73.